The Kier molecular flexibility index (Phi) is 16.9. The van der Waals surface area contributed by atoms with Crippen LogP contribution in [-0.4, -0.2) is 45.3 Å². The van der Waals surface area contributed by atoms with Gasteiger partial charge in [-0.05, 0) is 37.2 Å². The molecule has 1 amide bonds. The van der Waals surface area contributed by atoms with Gasteiger partial charge in [0.2, 0.25) is 6.41 Å². The minimum Gasteiger partial charge on any atom is -0.372 e. The number of benzene rings is 2. The first-order valence-corrected chi connectivity index (χ1v) is 11.6. The van der Waals surface area contributed by atoms with Gasteiger partial charge in [-0.25, -0.2) is 0 Å². The molecule has 0 spiro atoms. The molecule has 0 saturated carbocycles. The monoisotopic (exact) mass is 435 g/mol. The first kappa shape index (κ1) is 27.0. The molecule has 0 fully saturated rings. The van der Waals surface area contributed by atoms with Crippen LogP contribution in [0.5, 0.6) is 0 Å². The lowest BCUT2D eigenvalue weighted by Crippen LogP contribution is -2.09. The van der Waals surface area contributed by atoms with E-state index in [9.17, 15) is 4.79 Å². The highest BCUT2D eigenvalue weighted by Gasteiger charge is 2.08. The summed E-state index contributed by atoms with van der Waals surface area (Å²) in [7, 11) is 4.09. The molecule has 0 aliphatic carbocycles. The number of carbonyl (C=O) groups is 2. The van der Waals surface area contributed by atoms with E-state index >= 15 is 0 Å². The van der Waals surface area contributed by atoms with E-state index in [1.54, 1.807) is 11.9 Å². The Labute approximate surface area is 184 Å². The van der Waals surface area contributed by atoms with Crippen LogP contribution in [0, 0.1) is 0 Å². The normalized spacial score (nSPS) is 9.38. The third kappa shape index (κ3) is 11.6. The summed E-state index contributed by atoms with van der Waals surface area (Å²) in [6, 6.07) is 17.4. The topological polar surface area (TPSA) is 75.4 Å². The van der Waals surface area contributed by atoms with Crippen molar-refractivity contribution in [3.8, 4) is 11.1 Å². The van der Waals surface area contributed by atoms with Gasteiger partial charge in [0, 0.05) is 42.5 Å². The van der Waals surface area contributed by atoms with Crippen LogP contribution in [-0.2, 0) is 9.59 Å². The fourth-order valence-electron chi connectivity index (χ4n) is 2.21. The summed E-state index contributed by atoms with van der Waals surface area (Å²) in [5.41, 5.74) is 7.96. The van der Waals surface area contributed by atoms with Gasteiger partial charge in [-0.15, -0.1) is 11.8 Å². The van der Waals surface area contributed by atoms with E-state index in [1.807, 2.05) is 25.7 Å². The molecule has 0 radical (unpaired) electrons. The van der Waals surface area contributed by atoms with Crippen molar-refractivity contribution in [3.63, 3.8) is 0 Å². The molecule has 0 atom stereocenters. The standard InChI is InChI=1S/C17H22N2S2.C4H8O.CH3NO/c1-18-12-13-21-15-10-8-14(9-11-15)16-6-4-5-7-17(16)19(2)20-3;1-2-3-4-5;2-1-3/h4-11,18H,12-13H2,1-3H3;4H,2-3H2,1H3;1H,(H2,2,3). The van der Waals surface area contributed by atoms with Gasteiger partial charge in [-0.1, -0.05) is 49.2 Å². The summed E-state index contributed by atoms with van der Waals surface area (Å²) in [4.78, 5) is 19.3. The van der Waals surface area contributed by atoms with Crippen LogP contribution in [0.2, 0.25) is 0 Å². The second-order valence-electron chi connectivity index (χ2n) is 5.77. The Bertz CT molecular complexity index is 682. The maximum atomic E-state index is 9.40. The molecular weight excluding hydrogens is 402 g/mol. The van der Waals surface area contributed by atoms with Crippen molar-refractivity contribution in [3.05, 3.63) is 48.5 Å². The highest BCUT2D eigenvalue weighted by molar-refractivity contribution is 8.00. The van der Waals surface area contributed by atoms with Crippen molar-refractivity contribution in [2.75, 3.05) is 37.0 Å². The number of anilines is 1. The smallest absolute Gasteiger partial charge is 0.204 e. The van der Waals surface area contributed by atoms with E-state index in [-0.39, 0.29) is 6.41 Å². The minimum atomic E-state index is 0.250. The molecule has 7 heteroatoms. The van der Waals surface area contributed by atoms with E-state index in [2.05, 4.69) is 77.2 Å². The molecule has 160 valence electrons. The fraction of sp³-hybridized carbons (Fsp3) is 0.364. The number of primary amides is 1. The Morgan fingerprint density at radius 3 is 2.21 bits per heavy atom. The lowest BCUT2D eigenvalue weighted by molar-refractivity contribution is -0.108. The zero-order valence-electron chi connectivity index (χ0n) is 17.8. The van der Waals surface area contributed by atoms with Crippen molar-refractivity contribution in [2.45, 2.75) is 24.7 Å². The van der Waals surface area contributed by atoms with Crippen LogP contribution in [0.1, 0.15) is 19.8 Å². The minimum absolute atomic E-state index is 0.250. The van der Waals surface area contributed by atoms with Gasteiger partial charge < -0.3 is 20.2 Å². The first-order chi connectivity index (χ1) is 14.1. The number of nitrogens with zero attached hydrogens (tertiary/aromatic N) is 1. The lowest BCUT2D eigenvalue weighted by Gasteiger charge is -2.19. The van der Waals surface area contributed by atoms with Crippen LogP contribution in [0.3, 0.4) is 0 Å². The second-order valence-corrected chi connectivity index (χ2v) is 7.85. The first-order valence-electron chi connectivity index (χ1n) is 9.43. The van der Waals surface area contributed by atoms with Gasteiger partial charge in [0.1, 0.15) is 6.29 Å². The molecule has 2 aromatic carbocycles. The van der Waals surface area contributed by atoms with Crippen molar-refractivity contribution < 1.29 is 9.59 Å². The van der Waals surface area contributed by atoms with E-state index in [1.165, 1.54) is 21.7 Å². The SMILES string of the molecule is CCCC=O.CNCCSc1ccc(-c2ccccc2N(C)SC)cc1.NC=O. The van der Waals surface area contributed by atoms with Crippen molar-refractivity contribution >= 4 is 42.1 Å². The van der Waals surface area contributed by atoms with Crippen LogP contribution in [0.15, 0.2) is 53.4 Å². The van der Waals surface area contributed by atoms with Crippen molar-refractivity contribution in [2.24, 2.45) is 5.73 Å². The highest BCUT2D eigenvalue weighted by atomic mass is 32.2. The average molecular weight is 436 g/mol. The van der Waals surface area contributed by atoms with Crippen LogP contribution >= 0.6 is 23.7 Å². The van der Waals surface area contributed by atoms with Gasteiger partial charge in [0.15, 0.2) is 0 Å². The molecule has 0 aliphatic rings. The van der Waals surface area contributed by atoms with Crippen LogP contribution < -0.4 is 15.4 Å². The summed E-state index contributed by atoms with van der Waals surface area (Å²) < 4.78 is 2.20. The molecule has 2 aromatic rings. The van der Waals surface area contributed by atoms with Crippen molar-refractivity contribution in [1.82, 2.24) is 5.32 Å². The predicted octanol–water partition coefficient (Wildman–Crippen LogP) is 4.47. The second kappa shape index (κ2) is 18.1. The quantitative estimate of drug-likeness (QED) is 0.262. The zero-order valence-corrected chi connectivity index (χ0v) is 19.4. The van der Waals surface area contributed by atoms with Crippen LogP contribution in [0.25, 0.3) is 11.1 Å². The predicted molar refractivity (Wildman–Crippen MR) is 130 cm³/mol. The number of amides is 1. The fourth-order valence-corrected chi connectivity index (χ4v) is 3.44. The molecule has 3 N–H and O–H groups in total. The Hall–Kier alpha value is -1.96. The molecule has 5 nitrogen and oxygen atoms in total. The van der Waals surface area contributed by atoms with E-state index < -0.39 is 0 Å². The van der Waals surface area contributed by atoms with Gasteiger partial charge in [0.05, 0.1) is 5.69 Å². The maximum absolute atomic E-state index is 9.40. The van der Waals surface area contributed by atoms with Gasteiger partial charge in [0.25, 0.3) is 0 Å². The molecule has 0 heterocycles. The average Bonchev–Trinajstić information content (AvgIpc) is 2.75. The summed E-state index contributed by atoms with van der Waals surface area (Å²) in [6.07, 6.45) is 4.96. The number of rotatable bonds is 9. The Morgan fingerprint density at radius 1 is 1.10 bits per heavy atom. The van der Waals surface area contributed by atoms with Crippen LogP contribution in [0.4, 0.5) is 5.69 Å². The number of para-hydroxylation sites is 1. The number of hydrogen-bond acceptors (Lipinski definition) is 6. The number of aldehydes is 1. The number of nitrogens with two attached hydrogens (primary N) is 1. The molecule has 2 rings (SSSR count). The molecule has 0 bridgehead atoms. The van der Waals surface area contributed by atoms with Crippen molar-refractivity contribution in [1.29, 1.82) is 0 Å². The summed E-state index contributed by atoms with van der Waals surface area (Å²) >= 11 is 3.61. The summed E-state index contributed by atoms with van der Waals surface area (Å²) in [5.74, 6) is 1.10. The highest BCUT2D eigenvalue weighted by Crippen LogP contribution is 2.33. The number of carbonyl (C=O) groups excluding carboxylic acids is 2. The molecule has 0 saturated heterocycles. The third-order valence-corrected chi connectivity index (χ3v) is 5.47. The van der Waals surface area contributed by atoms with E-state index in [4.69, 9.17) is 4.79 Å². The Balaban J connectivity index is 0.000000838. The molecule has 0 aromatic heterocycles. The number of unbranched alkanes of at least 4 members (excludes halogenated alkanes) is 1. The third-order valence-electron chi connectivity index (χ3n) is 3.71. The summed E-state index contributed by atoms with van der Waals surface area (Å²) in [5, 5.41) is 3.17. The number of hydrogen-bond donors (Lipinski definition) is 2. The molecule has 0 aliphatic heterocycles. The molecular formula is C22H33N3O2S2. The van der Waals surface area contributed by atoms with E-state index in [0.29, 0.717) is 6.42 Å². The largest absolute Gasteiger partial charge is 0.372 e. The molecule has 0 unspecified atom stereocenters. The van der Waals surface area contributed by atoms with Gasteiger partial charge in [-0.2, -0.15) is 0 Å². The lowest BCUT2D eigenvalue weighted by atomic mass is 10.0. The van der Waals surface area contributed by atoms with Gasteiger partial charge in [-0.3, -0.25) is 4.79 Å². The number of thioether (sulfide) groups is 1. The Morgan fingerprint density at radius 2 is 1.72 bits per heavy atom. The zero-order chi connectivity index (χ0) is 21.9. The molecule has 29 heavy (non-hydrogen) atoms. The van der Waals surface area contributed by atoms with E-state index in [0.717, 1.165) is 25.0 Å². The summed E-state index contributed by atoms with van der Waals surface area (Å²) in [6.45, 7) is 3.02. The number of nitrogens with one attached hydrogen (secondary N) is 1. The maximum Gasteiger partial charge on any atom is 0.204 e. The van der Waals surface area contributed by atoms with Gasteiger partial charge >= 0.3 is 0 Å².